The molecule has 0 aliphatic rings. The number of rotatable bonds is 8. The number of hydrogen-bond acceptors (Lipinski definition) is 4. The first kappa shape index (κ1) is 16.3. The molecule has 0 unspecified atom stereocenters. The van der Waals surface area contributed by atoms with Crippen molar-refractivity contribution in [3.63, 3.8) is 0 Å². The molecule has 0 aliphatic carbocycles. The van der Waals surface area contributed by atoms with Crippen LogP contribution in [0.1, 0.15) is 30.6 Å². The number of methoxy groups -OCH3 is 2. The number of carboxylic acid groups (broad SMARTS) is 1. The predicted molar refractivity (Wildman–Crippen MR) is 78.7 cm³/mol. The summed E-state index contributed by atoms with van der Waals surface area (Å²) in [6.07, 6.45) is 0.892. The zero-order chi connectivity index (χ0) is 15.2. The van der Waals surface area contributed by atoms with E-state index in [2.05, 4.69) is 19.2 Å². The van der Waals surface area contributed by atoms with Crippen LogP contribution in [0.5, 0.6) is 5.75 Å². The van der Waals surface area contributed by atoms with Gasteiger partial charge in [0.25, 0.3) is 0 Å². The number of anilines is 1. The molecule has 0 radical (unpaired) electrons. The summed E-state index contributed by atoms with van der Waals surface area (Å²) >= 11 is 0. The Balaban J connectivity index is 2.82. The number of benzene rings is 1. The predicted octanol–water partition coefficient (Wildman–Crippen LogP) is 2.87. The Morgan fingerprint density at radius 1 is 1.35 bits per heavy atom. The van der Waals surface area contributed by atoms with Gasteiger partial charge in [-0.2, -0.15) is 0 Å². The van der Waals surface area contributed by atoms with E-state index in [1.807, 2.05) is 0 Å². The molecule has 0 aromatic heterocycles. The molecule has 0 saturated carbocycles. The number of carbonyl (C=O) groups is 1. The van der Waals surface area contributed by atoms with Gasteiger partial charge in [-0.1, -0.05) is 13.8 Å². The standard InChI is InChI=1S/C15H23NO4/c1-15(2,7-8-19-3)10-16-13-9-11(20-4)5-6-12(13)14(17)18/h5-6,9,16H,7-8,10H2,1-4H3,(H,17,18). The number of ether oxygens (including phenoxy) is 2. The number of aromatic carboxylic acids is 1. The third kappa shape index (κ3) is 4.74. The van der Waals surface area contributed by atoms with Gasteiger partial charge in [-0.05, 0) is 24.0 Å². The molecule has 2 N–H and O–H groups in total. The molecular formula is C15H23NO4. The van der Waals surface area contributed by atoms with E-state index in [-0.39, 0.29) is 11.0 Å². The number of carboxylic acids is 1. The highest BCUT2D eigenvalue weighted by Crippen LogP contribution is 2.26. The Bertz CT molecular complexity index is 457. The summed E-state index contributed by atoms with van der Waals surface area (Å²) in [7, 11) is 3.23. The molecule has 0 amide bonds. The fourth-order valence-electron chi connectivity index (χ4n) is 1.78. The Labute approximate surface area is 119 Å². The van der Waals surface area contributed by atoms with Crippen LogP contribution >= 0.6 is 0 Å². The van der Waals surface area contributed by atoms with Gasteiger partial charge in [-0.15, -0.1) is 0 Å². The highest BCUT2D eigenvalue weighted by Gasteiger charge is 2.19. The summed E-state index contributed by atoms with van der Waals surface area (Å²) in [5, 5.41) is 12.4. The fourth-order valence-corrected chi connectivity index (χ4v) is 1.78. The van der Waals surface area contributed by atoms with Gasteiger partial charge in [-0.3, -0.25) is 0 Å². The molecule has 0 spiro atoms. The van der Waals surface area contributed by atoms with Crippen LogP contribution in [-0.2, 0) is 4.74 Å². The Kier molecular flexibility index (Phi) is 5.82. The van der Waals surface area contributed by atoms with Crippen LogP contribution in [0.3, 0.4) is 0 Å². The third-order valence-corrected chi connectivity index (χ3v) is 3.20. The third-order valence-electron chi connectivity index (χ3n) is 3.20. The SMILES string of the molecule is COCCC(C)(C)CNc1cc(OC)ccc1C(=O)O. The van der Waals surface area contributed by atoms with Gasteiger partial charge in [0.1, 0.15) is 5.75 Å². The largest absolute Gasteiger partial charge is 0.497 e. The van der Waals surface area contributed by atoms with Crippen molar-refractivity contribution in [1.82, 2.24) is 0 Å². The Hall–Kier alpha value is -1.75. The second kappa shape index (κ2) is 7.14. The topological polar surface area (TPSA) is 67.8 Å². The fraction of sp³-hybridized carbons (Fsp3) is 0.533. The lowest BCUT2D eigenvalue weighted by molar-refractivity contribution is 0.0697. The molecule has 5 nitrogen and oxygen atoms in total. The zero-order valence-corrected chi connectivity index (χ0v) is 12.5. The second-order valence-electron chi connectivity index (χ2n) is 5.48. The van der Waals surface area contributed by atoms with Crippen molar-refractivity contribution >= 4 is 11.7 Å². The van der Waals surface area contributed by atoms with Gasteiger partial charge < -0.3 is 19.9 Å². The first-order valence-electron chi connectivity index (χ1n) is 6.54. The van der Waals surface area contributed by atoms with Crippen LogP contribution in [0.4, 0.5) is 5.69 Å². The van der Waals surface area contributed by atoms with E-state index in [1.165, 1.54) is 0 Å². The maximum absolute atomic E-state index is 11.2. The molecule has 0 fully saturated rings. The van der Waals surface area contributed by atoms with E-state index < -0.39 is 5.97 Å². The number of hydrogen-bond donors (Lipinski definition) is 2. The molecule has 0 bridgehead atoms. The second-order valence-corrected chi connectivity index (χ2v) is 5.48. The highest BCUT2D eigenvalue weighted by molar-refractivity contribution is 5.94. The first-order chi connectivity index (χ1) is 9.39. The molecular weight excluding hydrogens is 258 g/mol. The first-order valence-corrected chi connectivity index (χ1v) is 6.54. The zero-order valence-electron chi connectivity index (χ0n) is 12.5. The van der Waals surface area contributed by atoms with Crippen LogP contribution in [0, 0.1) is 5.41 Å². The van der Waals surface area contributed by atoms with Gasteiger partial charge in [0, 0.05) is 26.3 Å². The van der Waals surface area contributed by atoms with E-state index in [1.54, 1.807) is 32.4 Å². The summed E-state index contributed by atoms with van der Waals surface area (Å²) < 4.78 is 10.2. The molecule has 1 aromatic rings. The molecule has 20 heavy (non-hydrogen) atoms. The smallest absolute Gasteiger partial charge is 0.337 e. The van der Waals surface area contributed by atoms with Crippen LogP contribution in [0.25, 0.3) is 0 Å². The van der Waals surface area contributed by atoms with Crippen LogP contribution in [0.2, 0.25) is 0 Å². The van der Waals surface area contributed by atoms with Gasteiger partial charge in [-0.25, -0.2) is 4.79 Å². The lowest BCUT2D eigenvalue weighted by atomic mass is 9.89. The van der Waals surface area contributed by atoms with Crippen molar-refractivity contribution < 1.29 is 19.4 Å². The average molecular weight is 281 g/mol. The van der Waals surface area contributed by atoms with Gasteiger partial charge >= 0.3 is 5.97 Å². The summed E-state index contributed by atoms with van der Waals surface area (Å²) in [6.45, 7) is 5.56. The molecule has 1 rings (SSSR count). The minimum Gasteiger partial charge on any atom is -0.497 e. The molecule has 112 valence electrons. The van der Waals surface area contributed by atoms with E-state index in [4.69, 9.17) is 9.47 Å². The molecule has 0 heterocycles. The van der Waals surface area contributed by atoms with Crippen molar-refractivity contribution in [3.8, 4) is 5.75 Å². The quantitative estimate of drug-likeness (QED) is 0.767. The van der Waals surface area contributed by atoms with Gasteiger partial charge in [0.05, 0.1) is 18.4 Å². The van der Waals surface area contributed by atoms with Crippen LogP contribution in [0.15, 0.2) is 18.2 Å². The minimum atomic E-state index is -0.954. The van der Waals surface area contributed by atoms with Crippen molar-refractivity contribution in [2.75, 3.05) is 32.7 Å². The van der Waals surface area contributed by atoms with E-state index in [9.17, 15) is 9.90 Å². The molecule has 0 saturated heterocycles. The van der Waals surface area contributed by atoms with Crippen molar-refractivity contribution in [2.45, 2.75) is 20.3 Å². The summed E-state index contributed by atoms with van der Waals surface area (Å²) in [5.74, 6) is -0.322. The summed E-state index contributed by atoms with van der Waals surface area (Å²) in [4.78, 5) is 11.2. The van der Waals surface area contributed by atoms with Crippen molar-refractivity contribution in [3.05, 3.63) is 23.8 Å². The molecule has 0 aliphatic heterocycles. The van der Waals surface area contributed by atoms with Crippen LogP contribution in [-0.4, -0.2) is 38.4 Å². The monoisotopic (exact) mass is 281 g/mol. The lowest BCUT2D eigenvalue weighted by Gasteiger charge is -2.25. The Morgan fingerprint density at radius 2 is 2.05 bits per heavy atom. The molecule has 5 heteroatoms. The normalized spacial score (nSPS) is 11.2. The summed E-state index contributed by atoms with van der Waals surface area (Å²) in [5.41, 5.74) is 0.824. The van der Waals surface area contributed by atoms with Crippen LogP contribution < -0.4 is 10.1 Å². The van der Waals surface area contributed by atoms with Crippen molar-refractivity contribution in [1.29, 1.82) is 0 Å². The van der Waals surface area contributed by atoms with Gasteiger partial charge in [0.15, 0.2) is 0 Å². The van der Waals surface area contributed by atoms with Gasteiger partial charge in [0.2, 0.25) is 0 Å². The summed E-state index contributed by atoms with van der Waals surface area (Å²) in [6, 6.07) is 4.90. The lowest BCUT2D eigenvalue weighted by Crippen LogP contribution is -2.25. The van der Waals surface area contributed by atoms with E-state index in [0.29, 0.717) is 24.6 Å². The number of nitrogens with one attached hydrogen (secondary N) is 1. The van der Waals surface area contributed by atoms with E-state index >= 15 is 0 Å². The maximum Gasteiger partial charge on any atom is 0.337 e. The average Bonchev–Trinajstić information content (AvgIpc) is 2.42. The maximum atomic E-state index is 11.2. The molecule has 0 atom stereocenters. The minimum absolute atomic E-state index is 0.00879. The Morgan fingerprint density at radius 3 is 2.60 bits per heavy atom. The molecule has 1 aromatic carbocycles. The highest BCUT2D eigenvalue weighted by atomic mass is 16.5. The van der Waals surface area contributed by atoms with Crippen molar-refractivity contribution in [2.24, 2.45) is 5.41 Å². The van der Waals surface area contributed by atoms with E-state index in [0.717, 1.165) is 6.42 Å².